The fourth-order valence-corrected chi connectivity index (χ4v) is 6.08. The van der Waals surface area contributed by atoms with Crippen LogP contribution in [0.25, 0.3) is 11.1 Å². The number of carboxylic acid groups (broad SMARTS) is 1. The van der Waals surface area contributed by atoms with E-state index in [0.29, 0.717) is 12.0 Å². The number of aliphatic hydroxyl groups is 1. The summed E-state index contributed by atoms with van der Waals surface area (Å²) in [7, 11) is -2.43. The van der Waals surface area contributed by atoms with Gasteiger partial charge in [0.2, 0.25) is 10.0 Å². The monoisotopic (exact) mass is 586 g/mol. The Hall–Kier alpha value is -2.75. The average Bonchev–Trinajstić information content (AvgIpc) is 2.91. The zero-order chi connectivity index (χ0) is 29.3. The van der Waals surface area contributed by atoms with Crippen LogP contribution in [0, 0.1) is 0 Å². The number of benzene rings is 3. The molecule has 0 aromatic heterocycles. The van der Waals surface area contributed by atoms with Crippen LogP contribution in [-0.2, 0) is 27.7 Å². The van der Waals surface area contributed by atoms with Crippen molar-refractivity contribution in [3.8, 4) is 11.1 Å². The molecule has 0 radical (unpaired) electrons. The Labute approximate surface area is 242 Å². The Balaban J connectivity index is 1.55. The summed E-state index contributed by atoms with van der Waals surface area (Å²) < 4.78 is 27.6. The molecule has 7 nitrogen and oxygen atoms in total. The molecule has 216 valence electrons. The molecule has 0 heterocycles. The summed E-state index contributed by atoms with van der Waals surface area (Å²) in [5.74, 6) is -0.851. The fourth-order valence-electron chi connectivity index (χ4n) is 4.49. The van der Waals surface area contributed by atoms with Gasteiger partial charge in [0.15, 0.2) is 0 Å². The molecule has 0 amide bonds. The lowest BCUT2D eigenvalue weighted by molar-refractivity contribution is -0.136. The van der Waals surface area contributed by atoms with Crippen molar-refractivity contribution < 1.29 is 23.4 Å². The number of halogens is 1. The minimum atomic E-state index is -3.87. The summed E-state index contributed by atoms with van der Waals surface area (Å²) in [6.45, 7) is 4.36. The van der Waals surface area contributed by atoms with E-state index in [2.05, 4.69) is 31.3 Å². The molecule has 0 fully saturated rings. The number of aliphatic carboxylic acids is 1. The third kappa shape index (κ3) is 9.42. The second-order valence-corrected chi connectivity index (χ2v) is 13.2. The van der Waals surface area contributed by atoms with Gasteiger partial charge in [-0.25, -0.2) is 8.42 Å². The van der Waals surface area contributed by atoms with Crippen molar-refractivity contribution in [2.75, 3.05) is 20.1 Å². The van der Waals surface area contributed by atoms with Gasteiger partial charge in [0.25, 0.3) is 0 Å². The lowest BCUT2D eigenvalue weighted by Crippen LogP contribution is -2.46. The number of carbonyl (C=O) groups is 1. The maximum absolute atomic E-state index is 13.2. The van der Waals surface area contributed by atoms with Crippen LogP contribution in [0.3, 0.4) is 0 Å². The SMILES string of the molecule is CN(C[C@H](O)CNC(C)(C)CCCc1ccccc1)S(=O)(=O)c1ccc(-c2ccc(CCC(=O)O)cc2)c(Cl)c1. The zero-order valence-corrected chi connectivity index (χ0v) is 24.9. The van der Waals surface area contributed by atoms with Crippen LogP contribution in [-0.4, -0.2) is 60.7 Å². The first kappa shape index (κ1) is 31.8. The number of likely N-dealkylation sites (N-methyl/N-ethyl adjacent to an activating group) is 1. The average molecular weight is 587 g/mol. The second-order valence-electron chi connectivity index (χ2n) is 10.8. The molecule has 40 heavy (non-hydrogen) atoms. The van der Waals surface area contributed by atoms with Crippen LogP contribution in [0.4, 0.5) is 0 Å². The highest BCUT2D eigenvalue weighted by Gasteiger charge is 2.25. The number of hydrogen-bond acceptors (Lipinski definition) is 5. The number of hydrogen-bond donors (Lipinski definition) is 3. The van der Waals surface area contributed by atoms with E-state index in [1.165, 1.54) is 24.7 Å². The first-order valence-electron chi connectivity index (χ1n) is 13.4. The van der Waals surface area contributed by atoms with Gasteiger partial charge in [0, 0.05) is 42.7 Å². The number of carboxylic acids is 1. The van der Waals surface area contributed by atoms with Crippen LogP contribution in [0.1, 0.15) is 44.2 Å². The number of rotatable bonds is 15. The molecule has 3 aromatic rings. The number of β-amino-alcohol motifs (C(OH)–C–C–N with tert-alkyl or cyclic N) is 1. The predicted molar refractivity (Wildman–Crippen MR) is 160 cm³/mol. The van der Waals surface area contributed by atoms with E-state index in [0.717, 1.165) is 34.7 Å². The zero-order valence-electron chi connectivity index (χ0n) is 23.3. The summed E-state index contributed by atoms with van der Waals surface area (Å²) in [4.78, 5) is 10.8. The van der Waals surface area contributed by atoms with Crippen molar-refractivity contribution in [3.05, 3.63) is 88.9 Å². The van der Waals surface area contributed by atoms with Crippen LogP contribution in [0.15, 0.2) is 77.7 Å². The van der Waals surface area contributed by atoms with Gasteiger partial charge >= 0.3 is 5.97 Å². The first-order valence-corrected chi connectivity index (χ1v) is 15.2. The molecule has 3 N–H and O–H groups in total. The summed E-state index contributed by atoms with van der Waals surface area (Å²) >= 11 is 6.48. The molecule has 0 saturated heterocycles. The Bertz CT molecular complexity index is 1360. The maximum Gasteiger partial charge on any atom is 0.303 e. The van der Waals surface area contributed by atoms with Gasteiger partial charge in [-0.05, 0) is 68.4 Å². The second kappa shape index (κ2) is 14.2. The van der Waals surface area contributed by atoms with Gasteiger partial charge in [0.05, 0.1) is 11.0 Å². The summed E-state index contributed by atoms with van der Waals surface area (Å²) in [6.07, 6.45) is 2.49. The molecule has 0 spiro atoms. The largest absolute Gasteiger partial charge is 0.481 e. The van der Waals surface area contributed by atoms with Gasteiger partial charge in [0.1, 0.15) is 0 Å². The standard InChI is InChI=1S/C31H39ClN2O5S/c1-31(2,19-7-10-23-8-5-4-6-9-23)33-21-26(35)22-34(3)40(38,39)27-16-17-28(29(32)20-27)25-14-11-24(12-15-25)13-18-30(36)37/h4-6,8-9,11-12,14-17,20,26,33,35H,7,10,13,18-19,21-22H2,1-3H3,(H,36,37)/t26-/m1/s1. The summed E-state index contributed by atoms with van der Waals surface area (Å²) in [6, 6.07) is 22.2. The smallest absolute Gasteiger partial charge is 0.303 e. The highest BCUT2D eigenvalue weighted by molar-refractivity contribution is 7.89. The van der Waals surface area contributed by atoms with Gasteiger partial charge in [-0.15, -0.1) is 0 Å². The molecular formula is C31H39ClN2O5S. The van der Waals surface area contributed by atoms with E-state index >= 15 is 0 Å². The lowest BCUT2D eigenvalue weighted by atomic mass is 9.95. The van der Waals surface area contributed by atoms with Crippen molar-refractivity contribution >= 4 is 27.6 Å². The summed E-state index contributed by atoms with van der Waals surface area (Å²) in [5, 5.41) is 23.1. The van der Waals surface area contributed by atoms with E-state index in [-0.39, 0.29) is 35.0 Å². The number of nitrogens with zero attached hydrogens (tertiary/aromatic N) is 1. The van der Waals surface area contributed by atoms with E-state index in [1.807, 2.05) is 42.5 Å². The lowest BCUT2D eigenvalue weighted by Gasteiger charge is -2.29. The van der Waals surface area contributed by atoms with Crippen molar-refractivity contribution in [3.63, 3.8) is 0 Å². The third-order valence-corrected chi connectivity index (χ3v) is 9.07. The molecule has 3 rings (SSSR count). The van der Waals surface area contributed by atoms with E-state index in [9.17, 15) is 18.3 Å². The van der Waals surface area contributed by atoms with E-state index in [4.69, 9.17) is 16.7 Å². The Kier molecular flexibility index (Phi) is 11.3. The van der Waals surface area contributed by atoms with Gasteiger partial charge in [-0.1, -0.05) is 72.3 Å². The molecule has 0 saturated carbocycles. The fraction of sp³-hybridized carbons (Fsp3) is 0.387. The van der Waals surface area contributed by atoms with Crippen LogP contribution >= 0.6 is 11.6 Å². The minimum absolute atomic E-state index is 0.0447. The summed E-state index contributed by atoms with van der Waals surface area (Å²) in [5.41, 5.74) is 3.46. The number of aliphatic hydroxyl groups excluding tert-OH is 1. The Morgan fingerprint density at radius 3 is 2.27 bits per heavy atom. The molecular weight excluding hydrogens is 548 g/mol. The molecule has 0 bridgehead atoms. The number of sulfonamides is 1. The molecule has 9 heteroatoms. The Morgan fingerprint density at radius 1 is 1.00 bits per heavy atom. The van der Waals surface area contributed by atoms with Crippen molar-refractivity contribution in [2.45, 2.75) is 62.5 Å². The molecule has 3 aromatic carbocycles. The number of aryl methyl sites for hydroxylation is 2. The maximum atomic E-state index is 13.2. The molecule has 0 unspecified atom stereocenters. The van der Waals surface area contributed by atoms with Gasteiger partial charge < -0.3 is 15.5 Å². The molecule has 0 aliphatic carbocycles. The number of nitrogens with one attached hydrogen (secondary N) is 1. The molecule has 0 aliphatic rings. The van der Waals surface area contributed by atoms with Crippen molar-refractivity contribution in [1.82, 2.24) is 9.62 Å². The van der Waals surface area contributed by atoms with Crippen LogP contribution in [0.2, 0.25) is 5.02 Å². The first-order chi connectivity index (χ1) is 18.9. The third-order valence-electron chi connectivity index (χ3n) is 6.94. The highest BCUT2D eigenvalue weighted by Crippen LogP contribution is 2.31. The van der Waals surface area contributed by atoms with Gasteiger partial charge in [-0.3, -0.25) is 4.79 Å². The van der Waals surface area contributed by atoms with Crippen molar-refractivity contribution in [2.24, 2.45) is 0 Å². The van der Waals surface area contributed by atoms with E-state index < -0.39 is 22.1 Å². The quantitative estimate of drug-likeness (QED) is 0.220. The Morgan fingerprint density at radius 2 is 1.65 bits per heavy atom. The topological polar surface area (TPSA) is 107 Å². The van der Waals surface area contributed by atoms with E-state index in [1.54, 1.807) is 6.07 Å². The van der Waals surface area contributed by atoms with Crippen LogP contribution < -0.4 is 5.32 Å². The minimum Gasteiger partial charge on any atom is -0.481 e. The highest BCUT2D eigenvalue weighted by atomic mass is 35.5. The van der Waals surface area contributed by atoms with Gasteiger partial charge in [-0.2, -0.15) is 4.31 Å². The van der Waals surface area contributed by atoms with Crippen molar-refractivity contribution in [1.29, 1.82) is 0 Å². The normalized spacial score (nSPS) is 12.9. The molecule has 1 atom stereocenters. The van der Waals surface area contributed by atoms with Crippen LogP contribution in [0.5, 0.6) is 0 Å². The predicted octanol–water partition coefficient (Wildman–Crippen LogP) is 5.40. The molecule has 0 aliphatic heterocycles.